The lowest BCUT2D eigenvalue weighted by Crippen LogP contribution is -2.36. The van der Waals surface area contributed by atoms with Gasteiger partial charge in [-0.1, -0.05) is 29.8 Å². The standard InChI is InChI=1S/C26H26ClNO5/c1-14-23(26(30)33-4)24(18-13-16(31-2)9-10-22(18)32-3)25-20(28-14)11-15(12-21(25)29)17-7-5-6-8-19(17)27/h5-10,13,15,24,28H,11-12H2,1-4H3. The van der Waals surface area contributed by atoms with Crippen LogP contribution in [0.1, 0.15) is 42.7 Å². The number of ether oxygens (including phenoxy) is 3. The number of ketones is 1. The van der Waals surface area contributed by atoms with Gasteiger partial charge in [0.05, 0.1) is 32.8 Å². The highest BCUT2D eigenvalue weighted by atomic mass is 35.5. The summed E-state index contributed by atoms with van der Waals surface area (Å²) >= 11 is 6.44. The fourth-order valence-corrected chi connectivity index (χ4v) is 5.11. The SMILES string of the molecule is COC(=O)C1=C(C)NC2=C(C(=O)CC(c3ccccc3Cl)C2)C1c1cc(OC)ccc1OC. The number of carbonyl (C=O) groups is 2. The van der Waals surface area contributed by atoms with Crippen molar-refractivity contribution >= 4 is 23.4 Å². The number of dihydropyridines is 1. The van der Waals surface area contributed by atoms with Crippen molar-refractivity contribution < 1.29 is 23.8 Å². The second-order valence-electron chi connectivity index (χ2n) is 8.14. The lowest BCUT2D eigenvalue weighted by molar-refractivity contribution is -0.136. The maximum Gasteiger partial charge on any atom is 0.336 e. The average molecular weight is 468 g/mol. The number of nitrogens with one attached hydrogen (secondary N) is 1. The van der Waals surface area contributed by atoms with Crippen molar-refractivity contribution in [2.24, 2.45) is 0 Å². The molecule has 2 unspecified atom stereocenters. The van der Waals surface area contributed by atoms with Crippen molar-refractivity contribution in [2.75, 3.05) is 21.3 Å². The van der Waals surface area contributed by atoms with Crippen molar-refractivity contribution in [3.63, 3.8) is 0 Å². The van der Waals surface area contributed by atoms with Gasteiger partial charge in [0.1, 0.15) is 11.5 Å². The maximum atomic E-state index is 13.6. The molecule has 6 nitrogen and oxygen atoms in total. The van der Waals surface area contributed by atoms with E-state index < -0.39 is 11.9 Å². The van der Waals surface area contributed by atoms with E-state index in [9.17, 15) is 9.59 Å². The number of halogens is 1. The number of Topliss-reactive ketones (excluding diaryl/α,β-unsaturated/α-hetero) is 1. The molecule has 0 fully saturated rings. The molecule has 2 aromatic rings. The molecule has 0 spiro atoms. The van der Waals surface area contributed by atoms with Crippen LogP contribution in [0.4, 0.5) is 0 Å². The van der Waals surface area contributed by atoms with Crippen molar-refractivity contribution in [3.05, 3.63) is 81.2 Å². The van der Waals surface area contributed by atoms with E-state index in [-0.39, 0.29) is 11.7 Å². The van der Waals surface area contributed by atoms with Gasteiger partial charge in [0.2, 0.25) is 0 Å². The summed E-state index contributed by atoms with van der Waals surface area (Å²) in [4.78, 5) is 26.5. The van der Waals surface area contributed by atoms with E-state index in [1.807, 2.05) is 37.3 Å². The van der Waals surface area contributed by atoms with E-state index in [1.54, 1.807) is 26.4 Å². The van der Waals surface area contributed by atoms with Crippen LogP contribution in [0.25, 0.3) is 0 Å². The summed E-state index contributed by atoms with van der Waals surface area (Å²) in [7, 11) is 4.47. The molecule has 0 saturated heterocycles. The Morgan fingerprint density at radius 1 is 1.03 bits per heavy atom. The fourth-order valence-electron chi connectivity index (χ4n) is 4.82. The highest BCUT2D eigenvalue weighted by Crippen LogP contribution is 2.48. The lowest BCUT2D eigenvalue weighted by Gasteiger charge is -2.37. The zero-order valence-corrected chi connectivity index (χ0v) is 19.8. The zero-order valence-electron chi connectivity index (χ0n) is 19.0. The number of benzene rings is 2. The Balaban J connectivity index is 1.89. The van der Waals surface area contributed by atoms with Gasteiger partial charge < -0.3 is 19.5 Å². The van der Waals surface area contributed by atoms with Gasteiger partial charge in [-0.25, -0.2) is 4.79 Å². The van der Waals surface area contributed by atoms with Crippen LogP contribution in [0, 0.1) is 0 Å². The van der Waals surface area contributed by atoms with Crippen molar-refractivity contribution in [3.8, 4) is 11.5 Å². The van der Waals surface area contributed by atoms with Crippen molar-refractivity contribution in [1.29, 1.82) is 0 Å². The number of esters is 1. The Hall–Kier alpha value is -3.25. The number of methoxy groups -OCH3 is 3. The first-order valence-electron chi connectivity index (χ1n) is 10.7. The summed E-state index contributed by atoms with van der Waals surface area (Å²) in [5, 5.41) is 3.96. The second kappa shape index (κ2) is 9.32. The number of hydrogen-bond acceptors (Lipinski definition) is 6. The van der Waals surface area contributed by atoms with Crippen LogP contribution in [-0.2, 0) is 14.3 Å². The molecule has 4 rings (SSSR count). The molecule has 7 heteroatoms. The minimum Gasteiger partial charge on any atom is -0.497 e. The van der Waals surface area contributed by atoms with Gasteiger partial charge in [-0.2, -0.15) is 0 Å². The third-order valence-corrected chi connectivity index (χ3v) is 6.67. The third-order valence-electron chi connectivity index (χ3n) is 6.33. The minimum absolute atomic E-state index is 0.0440. The van der Waals surface area contributed by atoms with E-state index in [1.165, 1.54) is 7.11 Å². The maximum absolute atomic E-state index is 13.6. The van der Waals surface area contributed by atoms with E-state index >= 15 is 0 Å². The normalized spacial score (nSPS) is 20.2. The molecule has 2 atom stereocenters. The highest BCUT2D eigenvalue weighted by molar-refractivity contribution is 6.31. The first-order valence-corrected chi connectivity index (χ1v) is 11.1. The van der Waals surface area contributed by atoms with Gasteiger partial charge in [0.25, 0.3) is 0 Å². The fraction of sp³-hybridized carbons (Fsp3) is 0.308. The molecule has 1 heterocycles. The molecule has 1 N–H and O–H groups in total. The smallest absolute Gasteiger partial charge is 0.336 e. The average Bonchev–Trinajstić information content (AvgIpc) is 2.82. The first-order chi connectivity index (χ1) is 15.9. The van der Waals surface area contributed by atoms with Crippen molar-refractivity contribution in [1.82, 2.24) is 5.32 Å². The van der Waals surface area contributed by atoms with Crippen LogP contribution in [-0.4, -0.2) is 33.1 Å². The molecule has 33 heavy (non-hydrogen) atoms. The summed E-state index contributed by atoms with van der Waals surface area (Å²) in [6, 6.07) is 13.0. The number of rotatable bonds is 5. The monoisotopic (exact) mass is 467 g/mol. The summed E-state index contributed by atoms with van der Waals surface area (Å²) in [5.74, 6) is -0.0774. The molecule has 2 aromatic carbocycles. The summed E-state index contributed by atoms with van der Waals surface area (Å²) in [6.45, 7) is 1.82. The van der Waals surface area contributed by atoms with Crippen LogP contribution in [0.3, 0.4) is 0 Å². The lowest BCUT2D eigenvalue weighted by atomic mass is 9.71. The molecule has 0 saturated carbocycles. The van der Waals surface area contributed by atoms with Crippen LogP contribution >= 0.6 is 11.6 Å². The second-order valence-corrected chi connectivity index (χ2v) is 8.55. The zero-order chi connectivity index (χ0) is 23.7. The Bertz CT molecular complexity index is 1180. The van der Waals surface area contributed by atoms with Crippen LogP contribution < -0.4 is 14.8 Å². The van der Waals surface area contributed by atoms with Gasteiger partial charge in [0, 0.05) is 34.0 Å². The summed E-state index contributed by atoms with van der Waals surface area (Å²) in [5.41, 5.74) is 3.98. The topological polar surface area (TPSA) is 73.9 Å². The van der Waals surface area contributed by atoms with Crippen molar-refractivity contribution in [2.45, 2.75) is 31.6 Å². The van der Waals surface area contributed by atoms with E-state index in [2.05, 4.69) is 5.32 Å². The molecule has 0 aromatic heterocycles. The van der Waals surface area contributed by atoms with E-state index in [0.717, 1.165) is 11.3 Å². The highest BCUT2D eigenvalue weighted by Gasteiger charge is 2.42. The first kappa shape index (κ1) is 22.9. The van der Waals surface area contributed by atoms with E-state index in [0.29, 0.717) is 51.8 Å². The largest absolute Gasteiger partial charge is 0.497 e. The summed E-state index contributed by atoms with van der Waals surface area (Å²) in [6.07, 6.45) is 0.889. The van der Waals surface area contributed by atoms with Gasteiger partial charge in [-0.05, 0) is 49.1 Å². The Labute approximate surface area is 198 Å². The third kappa shape index (κ3) is 4.11. The molecule has 0 bridgehead atoms. The van der Waals surface area contributed by atoms with Gasteiger partial charge in [-0.3, -0.25) is 4.79 Å². The predicted octanol–water partition coefficient (Wildman–Crippen LogP) is 4.89. The Kier molecular flexibility index (Phi) is 6.47. The molecule has 0 radical (unpaired) electrons. The summed E-state index contributed by atoms with van der Waals surface area (Å²) < 4.78 is 16.1. The number of hydrogen-bond donors (Lipinski definition) is 1. The molecule has 1 aliphatic carbocycles. The molecule has 172 valence electrons. The molecule has 2 aliphatic rings. The van der Waals surface area contributed by atoms with Gasteiger partial charge in [-0.15, -0.1) is 0 Å². The molecule has 0 amide bonds. The minimum atomic E-state index is -0.640. The Morgan fingerprint density at radius 3 is 2.45 bits per heavy atom. The predicted molar refractivity (Wildman–Crippen MR) is 126 cm³/mol. The Morgan fingerprint density at radius 2 is 1.79 bits per heavy atom. The number of carbonyl (C=O) groups excluding carboxylic acids is 2. The van der Waals surface area contributed by atoms with E-state index in [4.69, 9.17) is 25.8 Å². The van der Waals surface area contributed by atoms with Crippen LogP contribution in [0.5, 0.6) is 11.5 Å². The van der Waals surface area contributed by atoms with Gasteiger partial charge in [0.15, 0.2) is 5.78 Å². The molecule has 1 aliphatic heterocycles. The molecular weight excluding hydrogens is 442 g/mol. The molecular formula is C26H26ClNO5. The quantitative estimate of drug-likeness (QED) is 0.631. The van der Waals surface area contributed by atoms with Crippen LogP contribution in [0.2, 0.25) is 5.02 Å². The van der Waals surface area contributed by atoms with Gasteiger partial charge >= 0.3 is 5.97 Å². The number of allylic oxidation sites excluding steroid dienone is 3. The van der Waals surface area contributed by atoms with Crippen LogP contribution in [0.15, 0.2) is 65.0 Å².